The molecule has 3 aliphatic heterocycles. The van der Waals surface area contributed by atoms with Gasteiger partial charge in [0.15, 0.2) is 22.5 Å². The minimum Gasteiger partial charge on any atom is -0.481 e. The van der Waals surface area contributed by atoms with Gasteiger partial charge >= 0.3 is 18.0 Å². The molecule has 230 valence electrons. The molecule has 43 heavy (non-hydrogen) atoms. The first-order valence-corrected chi connectivity index (χ1v) is 14.7. The van der Waals surface area contributed by atoms with Crippen molar-refractivity contribution in [3.8, 4) is 0 Å². The average molecular weight is 617 g/mol. The first-order valence-electron chi connectivity index (χ1n) is 13.8. The van der Waals surface area contributed by atoms with Gasteiger partial charge in [0.2, 0.25) is 0 Å². The number of esters is 1. The number of nitrogens with one attached hydrogen (secondary N) is 1. The predicted octanol–water partition coefficient (Wildman–Crippen LogP) is 3.17. The SMILES string of the molecule is COC(=O)C1=C(CN2CCN3C(=O)N(CC(C)(C)C(=O)O)C[C@]3(C)C2)NC(c2nccs2)=N[C@H]1c1ccc(F)c(F)c1C. The third-order valence-electron chi connectivity index (χ3n) is 8.28. The van der Waals surface area contributed by atoms with E-state index >= 15 is 0 Å². The third-order valence-corrected chi connectivity index (χ3v) is 9.06. The van der Waals surface area contributed by atoms with E-state index in [1.165, 1.54) is 31.4 Å². The number of hydrogen-bond donors (Lipinski definition) is 2. The highest BCUT2D eigenvalue weighted by molar-refractivity contribution is 7.11. The molecule has 0 unspecified atom stereocenters. The fourth-order valence-electron chi connectivity index (χ4n) is 6.00. The van der Waals surface area contributed by atoms with E-state index in [1.807, 2.05) is 6.92 Å². The molecule has 0 bridgehead atoms. The lowest BCUT2D eigenvalue weighted by Crippen LogP contribution is -2.60. The van der Waals surface area contributed by atoms with Gasteiger partial charge < -0.3 is 25.0 Å². The molecule has 0 spiro atoms. The number of halogens is 2. The number of methoxy groups -OCH3 is 1. The summed E-state index contributed by atoms with van der Waals surface area (Å²) in [5, 5.41) is 15.2. The van der Waals surface area contributed by atoms with Crippen LogP contribution in [0.25, 0.3) is 0 Å². The highest BCUT2D eigenvalue weighted by Crippen LogP contribution is 2.37. The molecule has 5 rings (SSSR count). The Morgan fingerprint density at radius 3 is 2.65 bits per heavy atom. The number of carbonyl (C=O) groups is 3. The quantitative estimate of drug-likeness (QED) is 0.433. The van der Waals surface area contributed by atoms with Gasteiger partial charge in [0.1, 0.15) is 6.04 Å². The standard InChI is InChI=1S/C29H34F2N6O5S/c1-16-17(6-7-18(30)21(16)31)22-20(25(38)42-5)19(33-23(34-22)24-32-8-11-43-24)12-35-9-10-37-27(41)36(15-29(37,4)14-35)13-28(2,3)26(39)40/h6-8,11,22H,9-10,12-15H2,1-5H3,(H,33,34)(H,39,40)/t22-,29-/m0/s1. The molecule has 11 nitrogen and oxygen atoms in total. The molecule has 2 saturated heterocycles. The molecule has 14 heteroatoms. The topological polar surface area (TPSA) is 128 Å². The van der Waals surface area contributed by atoms with E-state index in [4.69, 9.17) is 9.73 Å². The zero-order chi connectivity index (χ0) is 31.3. The van der Waals surface area contributed by atoms with E-state index in [0.29, 0.717) is 48.3 Å². The van der Waals surface area contributed by atoms with Crippen molar-refractivity contribution in [2.24, 2.45) is 10.4 Å². The van der Waals surface area contributed by atoms with Gasteiger partial charge in [0.25, 0.3) is 0 Å². The van der Waals surface area contributed by atoms with Gasteiger partial charge in [-0.2, -0.15) is 0 Å². The Labute approximate surface area is 251 Å². The van der Waals surface area contributed by atoms with Crippen molar-refractivity contribution in [1.29, 1.82) is 0 Å². The van der Waals surface area contributed by atoms with E-state index < -0.39 is 40.6 Å². The van der Waals surface area contributed by atoms with E-state index in [2.05, 4.69) is 15.2 Å². The van der Waals surface area contributed by atoms with Crippen LogP contribution < -0.4 is 5.32 Å². The monoisotopic (exact) mass is 616 g/mol. The number of nitrogens with zero attached hydrogens (tertiary/aromatic N) is 5. The van der Waals surface area contributed by atoms with Gasteiger partial charge in [0.05, 0.1) is 23.6 Å². The van der Waals surface area contributed by atoms with Crippen molar-refractivity contribution in [2.75, 3.05) is 46.4 Å². The number of amides is 2. The summed E-state index contributed by atoms with van der Waals surface area (Å²) in [6.45, 7) is 8.59. The number of carboxylic acid groups (broad SMARTS) is 1. The van der Waals surface area contributed by atoms with Crippen LogP contribution >= 0.6 is 11.3 Å². The summed E-state index contributed by atoms with van der Waals surface area (Å²) in [6, 6.07) is 1.25. The second-order valence-corrected chi connectivity index (χ2v) is 12.9. The lowest BCUT2D eigenvalue weighted by atomic mass is 9.91. The number of ether oxygens (including phenoxy) is 1. The fourth-order valence-corrected chi connectivity index (χ4v) is 6.59. The van der Waals surface area contributed by atoms with Crippen LogP contribution in [-0.4, -0.2) is 101 Å². The highest BCUT2D eigenvalue weighted by atomic mass is 32.1. The first kappa shape index (κ1) is 30.5. The lowest BCUT2D eigenvalue weighted by Gasteiger charge is -2.44. The predicted molar refractivity (Wildman–Crippen MR) is 155 cm³/mol. The Bertz CT molecular complexity index is 1530. The number of piperazine rings is 1. The Kier molecular flexibility index (Phi) is 8.03. The molecule has 1 aromatic carbocycles. The lowest BCUT2D eigenvalue weighted by molar-refractivity contribution is -0.147. The first-order chi connectivity index (χ1) is 20.3. The summed E-state index contributed by atoms with van der Waals surface area (Å²) in [5.41, 5.74) is -0.715. The van der Waals surface area contributed by atoms with Crippen LogP contribution in [0, 0.1) is 24.0 Å². The number of thiazole rings is 1. The van der Waals surface area contributed by atoms with Crippen LogP contribution in [-0.2, 0) is 14.3 Å². The molecule has 0 saturated carbocycles. The van der Waals surface area contributed by atoms with Crippen molar-refractivity contribution in [3.05, 3.63) is 62.7 Å². The zero-order valence-electron chi connectivity index (χ0n) is 24.6. The maximum atomic E-state index is 14.7. The van der Waals surface area contributed by atoms with E-state index in [-0.39, 0.29) is 30.3 Å². The number of carboxylic acids is 1. The Hall–Kier alpha value is -3.91. The minimum absolute atomic E-state index is 0.0323. The second kappa shape index (κ2) is 11.3. The number of benzene rings is 1. The van der Waals surface area contributed by atoms with Crippen molar-refractivity contribution in [3.63, 3.8) is 0 Å². The number of fused-ring (bicyclic) bond motifs is 1. The largest absolute Gasteiger partial charge is 0.481 e. The third kappa shape index (κ3) is 5.60. The van der Waals surface area contributed by atoms with Crippen LogP contribution in [0.5, 0.6) is 0 Å². The summed E-state index contributed by atoms with van der Waals surface area (Å²) in [6.07, 6.45) is 1.62. The smallest absolute Gasteiger partial charge is 0.338 e. The number of aliphatic carboxylic acids is 1. The molecule has 2 N–H and O–H groups in total. The van der Waals surface area contributed by atoms with Gasteiger partial charge in [-0.25, -0.2) is 23.4 Å². The highest BCUT2D eigenvalue weighted by Gasteiger charge is 2.51. The minimum atomic E-state index is -1.11. The average Bonchev–Trinajstić information content (AvgIpc) is 3.57. The number of aromatic nitrogens is 1. The van der Waals surface area contributed by atoms with Crippen LogP contribution in [0.3, 0.4) is 0 Å². The number of rotatable bonds is 8. The van der Waals surface area contributed by atoms with Gasteiger partial charge in [0, 0.05) is 56.5 Å². The van der Waals surface area contributed by atoms with Crippen LogP contribution in [0.2, 0.25) is 0 Å². The van der Waals surface area contributed by atoms with E-state index in [9.17, 15) is 28.3 Å². The summed E-state index contributed by atoms with van der Waals surface area (Å²) >= 11 is 1.34. The van der Waals surface area contributed by atoms with Crippen molar-refractivity contribution < 1.29 is 33.0 Å². The molecular formula is C29H34F2N6O5S. The number of aliphatic imine (C=N–C) groups is 1. The number of amidine groups is 1. The zero-order valence-corrected chi connectivity index (χ0v) is 25.4. The molecule has 3 aliphatic rings. The molecule has 2 amide bonds. The molecule has 2 atom stereocenters. The van der Waals surface area contributed by atoms with Gasteiger partial charge in [-0.05, 0) is 44.9 Å². The van der Waals surface area contributed by atoms with Gasteiger partial charge in [-0.3, -0.25) is 14.7 Å². The maximum Gasteiger partial charge on any atom is 0.338 e. The Morgan fingerprint density at radius 2 is 2.00 bits per heavy atom. The van der Waals surface area contributed by atoms with E-state index in [1.54, 1.807) is 35.2 Å². The van der Waals surface area contributed by atoms with Crippen molar-refractivity contribution >= 4 is 35.1 Å². The Morgan fingerprint density at radius 1 is 1.26 bits per heavy atom. The molecule has 0 radical (unpaired) electrons. The van der Waals surface area contributed by atoms with Crippen molar-refractivity contribution in [2.45, 2.75) is 39.3 Å². The number of hydrogen-bond acceptors (Lipinski definition) is 9. The molecule has 0 aliphatic carbocycles. The molecule has 2 fully saturated rings. The molecule has 1 aromatic heterocycles. The van der Waals surface area contributed by atoms with Gasteiger partial charge in [-0.15, -0.1) is 11.3 Å². The normalized spacial score (nSPS) is 22.8. The Balaban J connectivity index is 1.48. The van der Waals surface area contributed by atoms with E-state index in [0.717, 1.165) is 6.07 Å². The number of carbonyl (C=O) groups excluding carboxylic acids is 2. The fraction of sp³-hybridized carbons (Fsp3) is 0.483. The summed E-state index contributed by atoms with van der Waals surface area (Å²) in [7, 11) is 1.25. The summed E-state index contributed by atoms with van der Waals surface area (Å²) in [5.74, 6) is -3.28. The van der Waals surface area contributed by atoms with Crippen LogP contribution in [0.1, 0.15) is 42.9 Å². The maximum absolute atomic E-state index is 14.7. The molecule has 2 aromatic rings. The summed E-state index contributed by atoms with van der Waals surface area (Å²) < 4.78 is 33.9. The molecule has 4 heterocycles. The summed E-state index contributed by atoms with van der Waals surface area (Å²) in [4.78, 5) is 52.8. The molecular weight excluding hydrogens is 582 g/mol. The van der Waals surface area contributed by atoms with Crippen LogP contribution in [0.15, 0.2) is 40.0 Å². The van der Waals surface area contributed by atoms with Gasteiger partial charge in [-0.1, -0.05) is 6.07 Å². The van der Waals surface area contributed by atoms with Crippen molar-refractivity contribution in [1.82, 2.24) is 25.0 Å². The second-order valence-electron chi connectivity index (χ2n) is 12.0. The van der Waals surface area contributed by atoms with Crippen LogP contribution in [0.4, 0.5) is 13.6 Å². The number of urea groups is 1.